The van der Waals surface area contributed by atoms with E-state index < -0.39 is 17.7 Å². The Morgan fingerprint density at radius 3 is 2.38 bits per heavy atom. The second-order valence-corrected chi connectivity index (χ2v) is 5.01. The largest absolute Gasteiger partial charge is 0.454 e. The highest BCUT2D eigenvalue weighted by Gasteiger charge is 2.29. The lowest BCUT2D eigenvalue weighted by Crippen LogP contribution is -2.07. The Morgan fingerprint density at radius 1 is 1.21 bits per heavy atom. The molecule has 0 unspecified atom stereocenters. The highest BCUT2D eigenvalue weighted by atomic mass is 19.4. The minimum Gasteiger partial charge on any atom is -0.454 e. The fraction of sp³-hybridized carbons (Fsp3) is 0.312. The van der Waals surface area contributed by atoms with Crippen LogP contribution in [0.3, 0.4) is 0 Å². The molecule has 0 aliphatic carbocycles. The van der Waals surface area contributed by atoms with E-state index in [0.29, 0.717) is 17.8 Å². The van der Waals surface area contributed by atoms with Crippen LogP contribution in [0.15, 0.2) is 30.3 Å². The van der Waals surface area contributed by atoms with Crippen molar-refractivity contribution in [1.82, 2.24) is 14.8 Å². The molecule has 24 heavy (non-hydrogen) atoms. The minimum absolute atomic E-state index is 0.0281. The molecule has 8 heteroatoms. The molecular weight excluding hydrogens is 323 g/mol. The summed E-state index contributed by atoms with van der Waals surface area (Å²) in [5.41, 5.74) is -0.275. The number of carbonyl (C=O) groups excluding carboxylic acids is 1. The van der Waals surface area contributed by atoms with Gasteiger partial charge in [0.25, 0.3) is 0 Å². The van der Waals surface area contributed by atoms with Gasteiger partial charge in [-0.05, 0) is 23.8 Å². The average Bonchev–Trinajstić information content (AvgIpc) is 2.90. The summed E-state index contributed by atoms with van der Waals surface area (Å²) in [7, 11) is 1.78. The standard InChI is InChI=1S/C16H16F3N3O2/c1-3-13-20-21-14(22(13)2)10-24-15(23)9-6-11-4-7-12(8-5-11)16(17,18)19/h4-9H,3,10H2,1-2H3. The molecule has 0 bridgehead atoms. The van der Waals surface area contributed by atoms with E-state index >= 15 is 0 Å². The molecule has 128 valence electrons. The average molecular weight is 339 g/mol. The molecule has 2 rings (SSSR count). The van der Waals surface area contributed by atoms with Gasteiger partial charge < -0.3 is 9.30 Å². The molecule has 2 aromatic rings. The van der Waals surface area contributed by atoms with E-state index in [1.54, 1.807) is 11.6 Å². The first-order chi connectivity index (χ1) is 11.3. The monoisotopic (exact) mass is 339 g/mol. The highest BCUT2D eigenvalue weighted by molar-refractivity contribution is 5.87. The normalized spacial score (nSPS) is 11.9. The van der Waals surface area contributed by atoms with Crippen molar-refractivity contribution in [3.63, 3.8) is 0 Å². The fourth-order valence-corrected chi connectivity index (χ4v) is 1.96. The molecule has 1 heterocycles. The molecule has 0 saturated heterocycles. The summed E-state index contributed by atoms with van der Waals surface area (Å²) in [6.45, 7) is 1.91. The Hall–Kier alpha value is -2.64. The van der Waals surface area contributed by atoms with Gasteiger partial charge in [0.05, 0.1) is 5.56 Å². The van der Waals surface area contributed by atoms with E-state index in [9.17, 15) is 18.0 Å². The van der Waals surface area contributed by atoms with Crippen molar-refractivity contribution in [2.24, 2.45) is 7.05 Å². The predicted molar refractivity (Wildman–Crippen MR) is 80.7 cm³/mol. The maximum atomic E-state index is 12.5. The van der Waals surface area contributed by atoms with E-state index in [4.69, 9.17) is 4.74 Å². The minimum atomic E-state index is -4.38. The molecule has 5 nitrogen and oxygen atoms in total. The number of hydrogen-bond acceptors (Lipinski definition) is 4. The maximum absolute atomic E-state index is 12.5. The van der Waals surface area contributed by atoms with Crippen molar-refractivity contribution in [1.29, 1.82) is 0 Å². The van der Waals surface area contributed by atoms with Gasteiger partial charge in [0.2, 0.25) is 0 Å². The third kappa shape index (κ3) is 4.43. The number of aromatic nitrogens is 3. The van der Waals surface area contributed by atoms with E-state index in [2.05, 4.69) is 10.2 Å². The highest BCUT2D eigenvalue weighted by Crippen LogP contribution is 2.29. The van der Waals surface area contributed by atoms with Crippen molar-refractivity contribution < 1.29 is 22.7 Å². The van der Waals surface area contributed by atoms with Gasteiger partial charge >= 0.3 is 12.1 Å². The fourth-order valence-electron chi connectivity index (χ4n) is 1.96. The Kier molecular flexibility index (Phi) is 5.38. The Balaban J connectivity index is 1.92. The third-order valence-corrected chi connectivity index (χ3v) is 3.36. The van der Waals surface area contributed by atoms with Gasteiger partial charge in [-0.1, -0.05) is 19.1 Å². The van der Waals surface area contributed by atoms with Gasteiger partial charge in [-0.15, -0.1) is 10.2 Å². The summed E-state index contributed by atoms with van der Waals surface area (Å²) in [5, 5.41) is 7.86. The van der Waals surface area contributed by atoms with Crippen LogP contribution in [-0.4, -0.2) is 20.7 Å². The van der Waals surface area contributed by atoms with Crippen LogP contribution in [0.1, 0.15) is 29.7 Å². The van der Waals surface area contributed by atoms with Gasteiger partial charge in [-0.3, -0.25) is 0 Å². The Labute approximate surface area is 136 Å². The molecule has 0 aliphatic rings. The van der Waals surface area contributed by atoms with Crippen molar-refractivity contribution in [2.75, 3.05) is 0 Å². The van der Waals surface area contributed by atoms with E-state index in [1.165, 1.54) is 18.2 Å². The Morgan fingerprint density at radius 2 is 1.83 bits per heavy atom. The van der Waals surface area contributed by atoms with Crippen LogP contribution in [0, 0.1) is 0 Å². The molecule has 0 amide bonds. The molecule has 0 atom stereocenters. The lowest BCUT2D eigenvalue weighted by molar-refractivity contribution is -0.139. The predicted octanol–water partition coefficient (Wildman–Crippen LogP) is 3.15. The summed E-state index contributed by atoms with van der Waals surface area (Å²) >= 11 is 0. The summed E-state index contributed by atoms with van der Waals surface area (Å²) in [6.07, 6.45) is -1.13. The van der Waals surface area contributed by atoms with Crippen LogP contribution >= 0.6 is 0 Å². The van der Waals surface area contributed by atoms with Crippen molar-refractivity contribution in [2.45, 2.75) is 26.1 Å². The number of halogens is 3. The van der Waals surface area contributed by atoms with Crippen molar-refractivity contribution >= 4 is 12.0 Å². The first-order valence-corrected chi connectivity index (χ1v) is 7.20. The molecule has 1 aromatic heterocycles. The SMILES string of the molecule is CCc1nnc(COC(=O)C=Cc2ccc(C(F)(F)F)cc2)n1C. The number of benzene rings is 1. The van der Waals surface area contributed by atoms with Gasteiger partial charge in [-0.25, -0.2) is 4.79 Å². The van der Waals surface area contributed by atoms with Crippen LogP contribution in [-0.2, 0) is 35.8 Å². The van der Waals surface area contributed by atoms with E-state index in [-0.39, 0.29) is 6.61 Å². The summed E-state index contributed by atoms with van der Waals surface area (Å²) < 4.78 is 44.1. The number of rotatable bonds is 5. The van der Waals surface area contributed by atoms with Crippen LogP contribution in [0.4, 0.5) is 13.2 Å². The first-order valence-electron chi connectivity index (χ1n) is 7.20. The lowest BCUT2D eigenvalue weighted by atomic mass is 10.1. The molecular formula is C16H16F3N3O2. The third-order valence-electron chi connectivity index (χ3n) is 3.36. The van der Waals surface area contributed by atoms with Gasteiger partial charge in [0, 0.05) is 19.5 Å². The number of carbonyl (C=O) groups is 1. The number of aryl methyl sites for hydroxylation is 1. The molecule has 0 radical (unpaired) electrons. The molecule has 0 fully saturated rings. The zero-order chi connectivity index (χ0) is 17.7. The second-order valence-electron chi connectivity index (χ2n) is 5.01. The molecule has 1 aromatic carbocycles. The number of esters is 1. The summed E-state index contributed by atoms with van der Waals surface area (Å²) in [5.74, 6) is 0.681. The van der Waals surface area contributed by atoms with E-state index in [0.717, 1.165) is 24.0 Å². The first kappa shape index (κ1) is 17.7. The van der Waals surface area contributed by atoms with Crippen molar-refractivity contribution in [3.05, 3.63) is 53.1 Å². The number of hydrogen-bond donors (Lipinski definition) is 0. The van der Waals surface area contributed by atoms with Gasteiger partial charge in [0.1, 0.15) is 5.82 Å². The number of alkyl halides is 3. The quantitative estimate of drug-likeness (QED) is 0.620. The molecule has 0 N–H and O–H groups in total. The number of ether oxygens (including phenoxy) is 1. The maximum Gasteiger partial charge on any atom is 0.416 e. The smallest absolute Gasteiger partial charge is 0.416 e. The summed E-state index contributed by atoms with van der Waals surface area (Å²) in [6, 6.07) is 4.47. The molecule has 0 spiro atoms. The van der Waals surface area contributed by atoms with Crippen LogP contribution in [0.2, 0.25) is 0 Å². The Bertz CT molecular complexity index is 734. The van der Waals surface area contributed by atoms with Gasteiger partial charge in [0.15, 0.2) is 12.4 Å². The topological polar surface area (TPSA) is 57.0 Å². The zero-order valence-corrected chi connectivity index (χ0v) is 13.2. The lowest BCUT2D eigenvalue weighted by Gasteiger charge is -2.06. The van der Waals surface area contributed by atoms with E-state index in [1.807, 2.05) is 6.92 Å². The molecule has 0 aliphatic heterocycles. The second kappa shape index (κ2) is 7.29. The van der Waals surface area contributed by atoms with Crippen molar-refractivity contribution in [3.8, 4) is 0 Å². The summed E-state index contributed by atoms with van der Waals surface area (Å²) in [4.78, 5) is 11.7. The van der Waals surface area contributed by atoms with Crippen LogP contribution in [0.5, 0.6) is 0 Å². The number of nitrogens with zero attached hydrogens (tertiary/aromatic N) is 3. The molecule has 0 saturated carbocycles. The van der Waals surface area contributed by atoms with Crippen LogP contribution < -0.4 is 0 Å². The van der Waals surface area contributed by atoms with Gasteiger partial charge in [-0.2, -0.15) is 13.2 Å². The van der Waals surface area contributed by atoms with Crippen LogP contribution in [0.25, 0.3) is 6.08 Å². The zero-order valence-electron chi connectivity index (χ0n) is 13.2.